The number of nitrogens with one attached hydrogen (secondary N) is 1. The summed E-state index contributed by atoms with van der Waals surface area (Å²) in [7, 11) is 0. The second kappa shape index (κ2) is 8.37. The number of benzene rings is 3. The zero-order chi connectivity index (χ0) is 23.8. The molecule has 1 N–H and O–H groups in total. The molecule has 1 aromatic heterocycles. The normalized spacial score (nSPS) is 12.4. The third-order valence-corrected chi connectivity index (χ3v) is 5.69. The molecule has 1 aliphatic carbocycles. The lowest BCUT2D eigenvalue weighted by Gasteiger charge is -2.09. The number of amides is 1. The first-order valence-electron chi connectivity index (χ1n) is 10.4. The number of nitriles is 1. The number of anilines is 1. The van der Waals surface area contributed by atoms with Gasteiger partial charge in [-0.3, -0.25) is 9.59 Å². The van der Waals surface area contributed by atoms with Crippen molar-refractivity contribution in [1.29, 1.82) is 5.26 Å². The van der Waals surface area contributed by atoms with Gasteiger partial charge < -0.3 is 5.32 Å². The van der Waals surface area contributed by atoms with Crippen LogP contribution in [-0.4, -0.2) is 21.5 Å². The fraction of sp³-hybridized carbons (Fsp3) is 0.0769. The van der Waals surface area contributed by atoms with Crippen molar-refractivity contribution in [1.82, 2.24) is 9.78 Å². The highest BCUT2D eigenvalue weighted by molar-refractivity contribution is 6.16. The summed E-state index contributed by atoms with van der Waals surface area (Å²) in [5.41, 5.74) is 3.93. The van der Waals surface area contributed by atoms with Gasteiger partial charge in [0.1, 0.15) is 17.3 Å². The predicted molar refractivity (Wildman–Crippen MR) is 120 cm³/mol. The third kappa shape index (κ3) is 3.63. The maximum absolute atomic E-state index is 13.5. The van der Waals surface area contributed by atoms with E-state index < -0.39 is 29.2 Å². The second-order valence-electron chi connectivity index (χ2n) is 7.82. The zero-order valence-electron chi connectivity index (χ0n) is 17.6. The SMILES string of the molecule is N#CC(C(=O)Nc1ccc(F)cc1)C(=O)c1nn(-c2ccc(F)cc2)c2c1Cc1ccccc1-2. The Bertz CT molecular complexity index is 1470. The molecule has 1 aliphatic rings. The number of fused-ring (bicyclic) bond motifs is 3. The van der Waals surface area contributed by atoms with Gasteiger partial charge >= 0.3 is 0 Å². The van der Waals surface area contributed by atoms with Crippen molar-refractivity contribution in [2.75, 3.05) is 5.32 Å². The van der Waals surface area contributed by atoms with E-state index in [4.69, 9.17) is 0 Å². The van der Waals surface area contributed by atoms with Crippen molar-refractivity contribution >= 4 is 17.4 Å². The van der Waals surface area contributed by atoms with Crippen molar-refractivity contribution in [2.24, 2.45) is 5.92 Å². The number of halogens is 2. The van der Waals surface area contributed by atoms with Crippen LogP contribution in [-0.2, 0) is 11.2 Å². The zero-order valence-corrected chi connectivity index (χ0v) is 17.6. The average molecular weight is 454 g/mol. The maximum Gasteiger partial charge on any atom is 0.249 e. The molecule has 166 valence electrons. The van der Waals surface area contributed by atoms with Gasteiger partial charge in [-0.1, -0.05) is 24.3 Å². The molecule has 1 heterocycles. The summed E-state index contributed by atoms with van der Waals surface area (Å²) in [6, 6.07) is 20.0. The number of hydrogen-bond donors (Lipinski definition) is 1. The number of hydrogen-bond acceptors (Lipinski definition) is 4. The molecule has 0 saturated carbocycles. The van der Waals surface area contributed by atoms with Gasteiger partial charge in [-0.2, -0.15) is 10.4 Å². The number of carbonyl (C=O) groups excluding carboxylic acids is 2. The molecule has 3 aromatic carbocycles. The van der Waals surface area contributed by atoms with Crippen molar-refractivity contribution < 1.29 is 18.4 Å². The lowest BCUT2D eigenvalue weighted by molar-refractivity contribution is -0.117. The molecule has 0 saturated heterocycles. The average Bonchev–Trinajstić information content (AvgIpc) is 3.39. The Morgan fingerprint density at radius 3 is 2.29 bits per heavy atom. The van der Waals surface area contributed by atoms with Gasteiger partial charge in [0.05, 0.1) is 17.5 Å². The lowest BCUT2D eigenvalue weighted by Crippen LogP contribution is -2.29. The molecule has 1 atom stereocenters. The Morgan fingerprint density at radius 1 is 0.971 bits per heavy atom. The Kier molecular flexibility index (Phi) is 5.22. The minimum atomic E-state index is -1.66. The van der Waals surface area contributed by atoms with Crippen molar-refractivity contribution in [3.63, 3.8) is 0 Å². The molecule has 1 unspecified atom stereocenters. The Morgan fingerprint density at radius 2 is 1.62 bits per heavy atom. The quantitative estimate of drug-likeness (QED) is 0.309. The molecule has 8 heteroatoms. The first kappa shape index (κ1) is 21.2. The standard InChI is InChI=1S/C26H16F2N4O2/c27-16-5-9-18(10-6-16)30-26(34)22(14-29)25(33)23-21-13-15-3-1-2-4-20(15)24(21)32(31-23)19-11-7-17(28)8-12-19/h1-12,22H,13H2,(H,30,34). The van der Waals surface area contributed by atoms with Gasteiger partial charge in [0, 0.05) is 23.2 Å². The summed E-state index contributed by atoms with van der Waals surface area (Å²) >= 11 is 0. The Hall–Kier alpha value is -4.64. The van der Waals surface area contributed by atoms with Crippen LogP contribution >= 0.6 is 0 Å². The summed E-state index contributed by atoms with van der Waals surface area (Å²) in [4.78, 5) is 26.1. The topological polar surface area (TPSA) is 87.8 Å². The summed E-state index contributed by atoms with van der Waals surface area (Å²) < 4.78 is 28.2. The van der Waals surface area contributed by atoms with Gasteiger partial charge in [-0.05, 0) is 54.1 Å². The molecule has 0 bridgehead atoms. The fourth-order valence-electron chi connectivity index (χ4n) is 4.08. The monoisotopic (exact) mass is 454 g/mol. The third-order valence-electron chi connectivity index (χ3n) is 5.69. The van der Waals surface area contributed by atoms with Gasteiger partial charge in [0.25, 0.3) is 0 Å². The summed E-state index contributed by atoms with van der Waals surface area (Å²) in [5.74, 6) is -4.13. The van der Waals surface area contributed by atoms with E-state index in [2.05, 4.69) is 10.4 Å². The number of ketones is 1. The van der Waals surface area contributed by atoms with E-state index >= 15 is 0 Å². The van der Waals surface area contributed by atoms with E-state index in [0.29, 0.717) is 23.4 Å². The first-order chi connectivity index (χ1) is 16.5. The molecule has 0 radical (unpaired) electrons. The van der Waals surface area contributed by atoms with Crippen molar-refractivity contribution in [3.05, 3.63) is 101 Å². The van der Waals surface area contributed by atoms with Crippen LogP contribution in [0.1, 0.15) is 21.6 Å². The molecule has 4 aromatic rings. The highest BCUT2D eigenvalue weighted by atomic mass is 19.1. The molecule has 1 amide bonds. The molecule has 0 spiro atoms. The predicted octanol–water partition coefficient (Wildman–Crippen LogP) is 4.68. The molecular formula is C26H16F2N4O2. The van der Waals surface area contributed by atoms with E-state index in [1.807, 2.05) is 24.3 Å². The van der Waals surface area contributed by atoms with Crippen LogP contribution < -0.4 is 5.32 Å². The van der Waals surface area contributed by atoms with Crippen molar-refractivity contribution in [2.45, 2.75) is 6.42 Å². The molecule has 34 heavy (non-hydrogen) atoms. The highest BCUT2D eigenvalue weighted by Gasteiger charge is 2.36. The number of rotatable bonds is 5. The van der Waals surface area contributed by atoms with Crippen LogP contribution in [0.3, 0.4) is 0 Å². The first-order valence-corrected chi connectivity index (χ1v) is 10.4. The molecule has 0 fully saturated rings. The maximum atomic E-state index is 13.5. The van der Waals surface area contributed by atoms with Crippen LogP contribution in [0.4, 0.5) is 14.5 Å². The summed E-state index contributed by atoms with van der Waals surface area (Å²) in [6.45, 7) is 0. The van der Waals surface area contributed by atoms with Gasteiger partial charge in [0.2, 0.25) is 11.7 Å². The van der Waals surface area contributed by atoms with Gasteiger partial charge in [-0.25, -0.2) is 13.5 Å². The molecule has 6 nitrogen and oxygen atoms in total. The number of carbonyl (C=O) groups is 2. The number of Topliss-reactive ketones (excluding diaryl/α,β-unsaturated/α-hetero) is 1. The van der Waals surface area contributed by atoms with Crippen LogP contribution in [0.2, 0.25) is 0 Å². The van der Waals surface area contributed by atoms with E-state index in [1.165, 1.54) is 24.3 Å². The molecule has 5 rings (SSSR count). The minimum absolute atomic E-state index is 0.0105. The van der Waals surface area contributed by atoms with Gasteiger partial charge in [0.15, 0.2) is 5.92 Å². The van der Waals surface area contributed by atoms with E-state index in [-0.39, 0.29) is 11.4 Å². The lowest BCUT2D eigenvalue weighted by atomic mass is 9.98. The van der Waals surface area contributed by atoms with E-state index in [9.17, 15) is 23.6 Å². The molecular weight excluding hydrogens is 438 g/mol. The van der Waals surface area contributed by atoms with Crippen LogP contribution in [0, 0.1) is 28.9 Å². The minimum Gasteiger partial charge on any atom is -0.325 e. The Labute approximate surface area is 193 Å². The van der Waals surface area contributed by atoms with E-state index in [0.717, 1.165) is 23.3 Å². The highest BCUT2D eigenvalue weighted by Crippen LogP contribution is 2.40. The summed E-state index contributed by atoms with van der Waals surface area (Å²) in [5, 5.41) is 16.6. The van der Waals surface area contributed by atoms with Crippen LogP contribution in [0.5, 0.6) is 0 Å². The molecule has 0 aliphatic heterocycles. The number of aromatic nitrogens is 2. The van der Waals surface area contributed by atoms with Gasteiger partial charge in [-0.15, -0.1) is 0 Å². The largest absolute Gasteiger partial charge is 0.325 e. The number of nitrogens with zero attached hydrogens (tertiary/aromatic N) is 3. The second-order valence-corrected chi connectivity index (χ2v) is 7.82. The van der Waals surface area contributed by atoms with Crippen LogP contribution in [0.15, 0.2) is 72.8 Å². The smallest absolute Gasteiger partial charge is 0.249 e. The van der Waals surface area contributed by atoms with Crippen molar-refractivity contribution in [3.8, 4) is 23.0 Å². The Balaban J connectivity index is 1.55. The van der Waals surface area contributed by atoms with E-state index in [1.54, 1.807) is 22.9 Å². The van der Waals surface area contributed by atoms with Crippen LogP contribution in [0.25, 0.3) is 16.9 Å². The summed E-state index contributed by atoms with van der Waals surface area (Å²) in [6.07, 6.45) is 0.408. The fourth-order valence-corrected chi connectivity index (χ4v) is 4.08.